The van der Waals surface area contributed by atoms with Crippen molar-refractivity contribution in [3.05, 3.63) is 64.3 Å². The van der Waals surface area contributed by atoms with Crippen LogP contribution < -0.4 is 11.4 Å². The lowest BCUT2D eigenvalue weighted by Crippen LogP contribution is -2.23. The van der Waals surface area contributed by atoms with Crippen molar-refractivity contribution in [2.45, 2.75) is 6.54 Å². The molecule has 0 fully saturated rings. The van der Waals surface area contributed by atoms with Crippen molar-refractivity contribution in [2.75, 3.05) is 5.73 Å². The molecular weight excluding hydrogens is 344 g/mol. The number of imidazole rings is 1. The lowest BCUT2D eigenvalue weighted by atomic mass is 10.2. The van der Waals surface area contributed by atoms with Crippen molar-refractivity contribution in [2.24, 2.45) is 7.05 Å². The van der Waals surface area contributed by atoms with Crippen molar-refractivity contribution in [1.29, 1.82) is 0 Å². The van der Waals surface area contributed by atoms with Gasteiger partial charge in [0.2, 0.25) is 5.95 Å². The Morgan fingerprint density at radius 1 is 1.23 bits per heavy atom. The fraction of sp³-hybridized carbons (Fsp3) is 0.118. The van der Waals surface area contributed by atoms with Gasteiger partial charge >= 0.3 is 5.69 Å². The summed E-state index contributed by atoms with van der Waals surface area (Å²) >= 11 is 0. The van der Waals surface area contributed by atoms with E-state index in [2.05, 4.69) is 9.97 Å². The maximum Gasteiger partial charge on any atom is 0.330 e. The van der Waals surface area contributed by atoms with Crippen LogP contribution in [0.1, 0.15) is 5.56 Å². The van der Waals surface area contributed by atoms with Gasteiger partial charge in [0, 0.05) is 18.7 Å². The van der Waals surface area contributed by atoms with Gasteiger partial charge in [-0.05, 0) is 18.2 Å². The number of nitrogens with zero attached hydrogens (tertiary/aromatic N) is 4. The Morgan fingerprint density at radius 2 is 2.04 bits per heavy atom. The SMILES string of the molecule is Cn1c(=O)n(Cc2ccc(F)cc2F)c2nc(N)nc(-c3ccco3)c21. The quantitative estimate of drug-likeness (QED) is 0.607. The molecule has 7 nitrogen and oxygen atoms in total. The van der Waals surface area contributed by atoms with Crippen LogP contribution >= 0.6 is 0 Å². The van der Waals surface area contributed by atoms with Gasteiger partial charge in [0.25, 0.3) is 0 Å². The van der Waals surface area contributed by atoms with Crippen LogP contribution in [0.15, 0.2) is 45.8 Å². The molecule has 0 aliphatic carbocycles. The second-order valence-corrected chi connectivity index (χ2v) is 5.74. The molecule has 2 N–H and O–H groups in total. The molecule has 0 bridgehead atoms. The number of aryl methyl sites for hydroxylation is 1. The number of rotatable bonds is 3. The standard InChI is InChI=1S/C17H13F2N5O2/c1-23-14-13(12-3-2-6-26-12)21-16(20)22-15(14)24(17(23)25)8-9-4-5-10(18)7-11(9)19/h2-7H,8H2,1H3,(H2,20,21,22). The van der Waals surface area contributed by atoms with Gasteiger partial charge in [-0.3, -0.25) is 9.13 Å². The molecule has 3 aromatic heterocycles. The van der Waals surface area contributed by atoms with Crippen LogP contribution in [-0.4, -0.2) is 19.1 Å². The highest BCUT2D eigenvalue weighted by Crippen LogP contribution is 2.26. The van der Waals surface area contributed by atoms with Gasteiger partial charge in [0.05, 0.1) is 12.8 Å². The molecule has 0 spiro atoms. The lowest BCUT2D eigenvalue weighted by molar-refractivity contribution is 0.564. The summed E-state index contributed by atoms with van der Waals surface area (Å²) in [6.45, 7) is -0.129. The van der Waals surface area contributed by atoms with Crippen LogP contribution in [0.3, 0.4) is 0 Å². The first kappa shape index (κ1) is 16.0. The van der Waals surface area contributed by atoms with Crippen LogP contribution in [-0.2, 0) is 13.6 Å². The molecule has 0 atom stereocenters. The summed E-state index contributed by atoms with van der Waals surface area (Å²) < 4.78 is 35.1. The molecule has 9 heteroatoms. The van der Waals surface area contributed by atoms with Gasteiger partial charge < -0.3 is 10.2 Å². The van der Waals surface area contributed by atoms with Crippen LogP contribution in [0.5, 0.6) is 0 Å². The third kappa shape index (κ3) is 2.44. The van der Waals surface area contributed by atoms with Crippen LogP contribution in [0.4, 0.5) is 14.7 Å². The number of halogens is 2. The second-order valence-electron chi connectivity index (χ2n) is 5.74. The fourth-order valence-corrected chi connectivity index (χ4v) is 2.87. The largest absolute Gasteiger partial charge is 0.463 e. The highest BCUT2D eigenvalue weighted by molar-refractivity contribution is 5.87. The zero-order chi connectivity index (χ0) is 18.4. The molecule has 0 unspecified atom stereocenters. The van der Waals surface area contributed by atoms with Gasteiger partial charge in [0.1, 0.15) is 22.8 Å². The number of furan rings is 1. The molecule has 0 radical (unpaired) electrons. The summed E-state index contributed by atoms with van der Waals surface area (Å²) in [5.41, 5.74) is 6.50. The fourth-order valence-electron chi connectivity index (χ4n) is 2.87. The molecule has 132 valence electrons. The van der Waals surface area contributed by atoms with Crippen LogP contribution in [0.25, 0.3) is 22.6 Å². The second kappa shape index (κ2) is 5.80. The molecule has 0 aliphatic heterocycles. The van der Waals surface area contributed by atoms with Crippen molar-refractivity contribution < 1.29 is 13.2 Å². The molecule has 0 amide bonds. The van der Waals surface area contributed by atoms with Crippen molar-refractivity contribution >= 4 is 17.1 Å². The maximum absolute atomic E-state index is 14.0. The summed E-state index contributed by atoms with van der Waals surface area (Å²) in [5, 5.41) is 0. The van der Waals surface area contributed by atoms with Gasteiger partial charge in [-0.15, -0.1) is 0 Å². The topological polar surface area (TPSA) is 91.9 Å². The third-order valence-corrected chi connectivity index (χ3v) is 4.09. The van der Waals surface area contributed by atoms with Crippen LogP contribution in [0, 0.1) is 11.6 Å². The molecular formula is C17H13F2N5O2. The Morgan fingerprint density at radius 3 is 2.73 bits per heavy atom. The predicted octanol–water partition coefficient (Wildman–Crippen LogP) is 2.30. The average molecular weight is 357 g/mol. The first-order chi connectivity index (χ1) is 12.5. The smallest absolute Gasteiger partial charge is 0.330 e. The molecule has 0 aliphatic rings. The zero-order valence-corrected chi connectivity index (χ0v) is 13.6. The minimum absolute atomic E-state index is 0.0529. The number of hydrogen-bond donors (Lipinski definition) is 1. The van der Waals surface area contributed by atoms with Crippen molar-refractivity contribution in [1.82, 2.24) is 19.1 Å². The minimum atomic E-state index is -0.748. The van der Waals surface area contributed by atoms with E-state index in [1.54, 1.807) is 19.2 Å². The summed E-state index contributed by atoms with van der Waals surface area (Å²) in [5.74, 6) is -1.07. The lowest BCUT2D eigenvalue weighted by Gasteiger charge is -2.06. The van der Waals surface area contributed by atoms with Gasteiger partial charge in [0.15, 0.2) is 11.4 Å². The number of hydrogen-bond acceptors (Lipinski definition) is 5. The normalized spacial score (nSPS) is 11.3. The third-order valence-electron chi connectivity index (χ3n) is 4.09. The van der Waals surface area contributed by atoms with Gasteiger partial charge in [-0.2, -0.15) is 4.98 Å². The van der Waals surface area contributed by atoms with E-state index in [4.69, 9.17) is 10.2 Å². The van der Waals surface area contributed by atoms with E-state index in [9.17, 15) is 13.6 Å². The Hall–Kier alpha value is -3.49. The summed E-state index contributed by atoms with van der Waals surface area (Å²) in [6.07, 6.45) is 1.47. The Labute approximate surface area is 145 Å². The summed E-state index contributed by atoms with van der Waals surface area (Å²) in [4.78, 5) is 21.0. The molecule has 26 heavy (non-hydrogen) atoms. The van der Waals surface area contributed by atoms with E-state index in [1.807, 2.05) is 0 Å². The Bertz CT molecular complexity index is 1180. The molecule has 3 heterocycles. The molecule has 0 saturated carbocycles. The van der Waals surface area contributed by atoms with E-state index in [0.717, 1.165) is 12.1 Å². The average Bonchev–Trinajstić information content (AvgIpc) is 3.20. The number of nitrogens with two attached hydrogens (primary N) is 1. The van der Waals surface area contributed by atoms with E-state index < -0.39 is 17.3 Å². The molecule has 1 aromatic carbocycles. The van der Waals surface area contributed by atoms with E-state index in [-0.39, 0.29) is 23.7 Å². The number of benzene rings is 1. The maximum atomic E-state index is 14.0. The highest BCUT2D eigenvalue weighted by atomic mass is 19.1. The number of nitrogen functional groups attached to an aromatic ring is 1. The van der Waals surface area contributed by atoms with Gasteiger partial charge in [-0.1, -0.05) is 6.07 Å². The van der Waals surface area contributed by atoms with Crippen LogP contribution in [0.2, 0.25) is 0 Å². The Balaban J connectivity index is 1.96. The van der Waals surface area contributed by atoms with Gasteiger partial charge in [-0.25, -0.2) is 18.6 Å². The van der Waals surface area contributed by atoms with E-state index in [1.165, 1.54) is 21.5 Å². The van der Waals surface area contributed by atoms with E-state index in [0.29, 0.717) is 17.0 Å². The number of anilines is 1. The first-order valence-corrected chi connectivity index (χ1v) is 7.66. The Kier molecular flexibility index (Phi) is 3.57. The minimum Gasteiger partial charge on any atom is -0.463 e. The van der Waals surface area contributed by atoms with E-state index >= 15 is 0 Å². The molecule has 4 aromatic rings. The zero-order valence-electron chi connectivity index (χ0n) is 13.6. The molecule has 0 saturated heterocycles. The van der Waals surface area contributed by atoms with Crippen molar-refractivity contribution in [3.8, 4) is 11.5 Å². The monoisotopic (exact) mass is 357 g/mol. The number of fused-ring (bicyclic) bond motifs is 1. The predicted molar refractivity (Wildman–Crippen MR) is 90.3 cm³/mol. The molecule has 4 rings (SSSR count). The summed E-state index contributed by atoms with van der Waals surface area (Å²) in [7, 11) is 1.55. The summed E-state index contributed by atoms with van der Waals surface area (Å²) in [6, 6.07) is 6.55. The highest BCUT2D eigenvalue weighted by Gasteiger charge is 2.21. The van der Waals surface area contributed by atoms with Crippen molar-refractivity contribution in [3.63, 3.8) is 0 Å². The number of aromatic nitrogens is 4. The first-order valence-electron chi connectivity index (χ1n) is 7.66.